The van der Waals surface area contributed by atoms with Crippen LogP contribution in [0.3, 0.4) is 0 Å². The first-order valence-corrected chi connectivity index (χ1v) is 9.98. The number of aromatic nitrogens is 1. The first kappa shape index (κ1) is 22.4. The molecule has 1 unspecified atom stereocenters. The van der Waals surface area contributed by atoms with Gasteiger partial charge >= 0.3 is 0 Å². The Morgan fingerprint density at radius 1 is 1.32 bits per heavy atom. The van der Waals surface area contributed by atoms with E-state index in [1.807, 2.05) is 6.92 Å². The number of rotatable bonds is 6. The van der Waals surface area contributed by atoms with Gasteiger partial charge in [-0.15, -0.1) is 0 Å². The second-order valence-electron chi connectivity index (χ2n) is 8.24. The van der Waals surface area contributed by atoms with Gasteiger partial charge in [0.25, 0.3) is 5.91 Å². The molecule has 0 spiro atoms. The number of ketones is 2. The molecule has 0 saturated carbocycles. The Kier molecular flexibility index (Phi) is 6.37. The molecule has 1 aliphatic heterocycles. The molecule has 7 nitrogen and oxygen atoms in total. The molecule has 162 valence electrons. The van der Waals surface area contributed by atoms with Crippen molar-refractivity contribution in [3.8, 4) is 6.07 Å². The van der Waals surface area contributed by atoms with Crippen LogP contribution in [-0.2, 0) is 16.6 Å². The number of benzene rings is 1. The van der Waals surface area contributed by atoms with Crippen LogP contribution in [-0.4, -0.2) is 35.3 Å². The molecule has 1 aromatic heterocycles. The summed E-state index contributed by atoms with van der Waals surface area (Å²) in [5, 5.41) is 11.5. The van der Waals surface area contributed by atoms with Gasteiger partial charge in [0.05, 0.1) is 12.2 Å². The van der Waals surface area contributed by atoms with Gasteiger partial charge in [0.1, 0.15) is 17.6 Å². The molecule has 0 bridgehead atoms. The summed E-state index contributed by atoms with van der Waals surface area (Å²) in [5.41, 5.74) is 0.525. The summed E-state index contributed by atoms with van der Waals surface area (Å²) >= 11 is 0. The minimum atomic E-state index is -0.682. The average Bonchev–Trinajstić information content (AvgIpc) is 3.03. The van der Waals surface area contributed by atoms with Gasteiger partial charge < -0.3 is 14.6 Å². The van der Waals surface area contributed by atoms with Crippen molar-refractivity contribution >= 4 is 23.2 Å². The monoisotopic (exact) mass is 425 g/mol. The van der Waals surface area contributed by atoms with Gasteiger partial charge in [0.2, 0.25) is 11.6 Å². The maximum atomic E-state index is 13.5. The standard InChI is InChI=1S/C23H24FN3O4/c1-14-17(21(29)20(28)11-23(2)7-4-8-31-13-23)10-19(27(14)3)22(30)26-16-5-6-18(24)15(9-16)12-25/h5-6,9-10H,4,7-8,11,13H2,1-3H3,(H,26,30). The first-order chi connectivity index (χ1) is 14.6. The van der Waals surface area contributed by atoms with Crippen molar-refractivity contribution in [1.29, 1.82) is 5.26 Å². The third kappa shape index (κ3) is 4.72. The lowest BCUT2D eigenvalue weighted by atomic mass is 9.79. The molecule has 2 aromatic rings. The number of carbonyl (C=O) groups is 3. The molecule has 1 fully saturated rings. The zero-order valence-corrected chi connectivity index (χ0v) is 17.8. The molecule has 0 aliphatic carbocycles. The third-order valence-electron chi connectivity index (χ3n) is 5.72. The van der Waals surface area contributed by atoms with Crippen LogP contribution in [0.1, 0.15) is 58.3 Å². The Bertz CT molecular complexity index is 1090. The second-order valence-corrected chi connectivity index (χ2v) is 8.24. The van der Waals surface area contributed by atoms with Crippen LogP contribution in [0.5, 0.6) is 0 Å². The van der Waals surface area contributed by atoms with E-state index < -0.39 is 23.3 Å². The predicted octanol–water partition coefficient (Wildman–Crippen LogP) is 3.56. The molecular weight excluding hydrogens is 401 g/mol. The van der Waals surface area contributed by atoms with Gasteiger partial charge in [-0.05, 0) is 49.4 Å². The van der Waals surface area contributed by atoms with Crippen molar-refractivity contribution in [3.05, 3.63) is 52.6 Å². The molecule has 1 aromatic carbocycles. The third-order valence-corrected chi connectivity index (χ3v) is 5.72. The van der Waals surface area contributed by atoms with Crippen LogP contribution < -0.4 is 5.32 Å². The maximum Gasteiger partial charge on any atom is 0.272 e. The smallest absolute Gasteiger partial charge is 0.272 e. The van der Waals surface area contributed by atoms with E-state index in [4.69, 9.17) is 10.00 Å². The highest BCUT2D eigenvalue weighted by Gasteiger charge is 2.34. The molecule has 1 saturated heterocycles. The Balaban J connectivity index is 1.79. The fraction of sp³-hybridized carbons (Fsp3) is 0.391. The Hall–Kier alpha value is -3.31. The molecule has 31 heavy (non-hydrogen) atoms. The van der Waals surface area contributed by atoms with E-state index >= 15 is 0 Å². The topological polar surface area (TPSA) is 101 Å². The lowest BCUT2D eigenvalue weighted by Gasteiger charge is -2.32. The predicted molar refractivity (Wildman–Crippen MR) is 111 cm³/mol. The average molecular weight is 425 g/mol. The van der Waals surface area contributed by atoms with Gasteiger partial charge in [-0.3, -0.25) is 14.4 Å². The quantitative estimate of drug-likeness (QED) is 0.563. The number of hydrogen-bond donors (Lipinski definition) is 1. The van der Waals surface area contributed by atoms with E-state index in [1.54, 1.807) is 20.0 Å². The minimum absolute atomic E-state index is 0.0915. The van der Waals surface area contributed by atoms with Crippen LogP contribution in [0.4, 0.5) is 10.1 Å². The summed E-state index contributed by atoms with van der Waals surface area (Å²) in [7, 11) is 1.62. The number of nitrogens with zero attached hydrogens (tertiary/aromatic N) is 2. The van der Waals surface area contributed by atoms with Crippen LogP contribution in [0.2, 0.25) is 0 Å². The van der Waals surface area contributed by atoms with Crippen molar-refractivity contribution in [1.82, 2.24) is 4.57 Å². The van der Waals surface area contributed by atoms with Gasteiger partial charge in [0.15, 0.2) is 0 Å². The van der Waals surface area contributed by atoms with Crippen molar-refractivity contribution < 1.29 is 23.5 Å². The summed E-state index contributed by atoms with van der Waals surface area (Å²) in [4.78, 5) is 38.2. The number of amides is 1. The highest BCUT2D eigenvalue weighted by molar-refractivity contribution is 6.44. The first-order valence-electron chi connectivity index (χ1n) is 9.98. The molecule has 1 amide bonds. The number of ether oxygens (including phenoxy) is 1. The summed E-state index contributed by atoms with van der Waals surface area (Å²) < 4.78 is 20.5. The molecule has 0 radical (unpaired) electrons. The Labute approximate surface area is 179 Å². The molecule has 8 heteroatoms. The number of hydrogen-bond acceptors (Lipinski definition) is 5. The largest absolute Gasteiger partial charge is 0.381 e. The van der Waals surface area contributed by atoms with E-state index in [2.05, 4.69) is 5.32 Å². The Morgan fingerprint density at radius 2 is 2.06 bits per heavy atom. The number of halogens is 1. The lowest BCUT2D eigenvalue weighted by molar-refractivity contribution is -0.119. The SMILES string of the molecule is Cc1c(C(=O)C(=O)CC2(C)CCCOC2)cc(C(=O)Nc2ccc(F)c(C#N)c2)n1C. The number of nitriles is 1. The molecular formula is C23H24FN3O4. The Morgan fingerprint density at radius 3 is 2.71 bits per heavy atom. The second kappa shape index (κ2) is 8.82. The van der Waals surface area contributed by atoms with Crippen molar-refractivity contribution in [2.24, 2.45) is 12.5 Å². The zero-order valence-electron chi connectivity index (χ0n) is 17.8. The van der Waals surface area contributed by atoms with Gasteiger partial charge in [-0.1, -0.05) is 6.92 Å². The van der Waals surface area contributed by atoms with E-state index in [1.165, 1.54) is 22.8 Å². The van der Waals surface area contributed by atoms with Crippen LogP contribution in [0, 0.1) is 29.5 Å². The number of anilines is 1. The zero-order chi connectivity index (χ0) is 22.8. The summed E-state index contributed by atoms with van der Waals surface area (Å²) in [6.07, 6.45) is 1.76. The minimum Gasteiger partial charge on any atom is -0.381 e. The van der Waals surface area contributed by atoms with E-state index in [0.717, 1.165) is 18.9 Å². The van der Waals surface area contributed by atoms with E-state index in [-0.39, 0.29) is 34.3 Å². The molecule has 3 rings (SSSR count). The maximum absolute atomic E-state index is 13.5. The van der Waals surface area contributed by atoms with E-state index in [0.29, 0.717) is 18.9 Å². The van der Waals surface area contributed by atoms with Gasteiger partial charge in [0, 0.05) is 37.0 Å². The van der Waals surface area contributed by atoms with E-state index in [9.17, 15) is 18.8 Å². The molecule has 1 aliphatic rings. The summed E-state index contributed by atoms with van der Waals surface area (Å²) in [6, 6.07) is 6.76. The summed E-state index contributed by atoms with van der Waals surface area (Å²) in [5.74, 6) is -2.36. The number of nitrogens with one attached hydrogen (secondary N) is 1. The molecule has 1 N–H and O–H groups in total. The highest BCUT2D eigenvalue weighted by atomic mass is 19.1. The summed E-state index contributed by atoms with van der Waals surface area (Å²) in [6.45, 7) is 4.70. The fourth-order valence-corrected chi connectivity index (χ4v) is 3.78. The molecule has 2 heterocycles. The van der Waals surface area contributed by atoms with Gasteiger partial charge in [-0.25, -0.2) is 4.39 Å². The number of Topliss-reactive ketones (excluding diaryl/α,β-unsaturated/α-hetero) is 2. The van der Waals surface area contributed by atoms with Crippen LogP contribution in [0.15, 0.2) is 24.3 Å². The van der Waals surface area contributed by atoms with Crippen LogP contribution >= 0.6 is 0 Å². The van der Waals surface area contributed by atoms with Crippen molar-refractivity contribution in [2.45, 2.75) is 33.1 Å². The van der Waals surface area contributed by atoms with Crippen LogP contribution in [0.25, 0.3) is 0 Å². The number of carbonyl (C=O) groups excluding carboxylic acids is 3. The fourth-order valence-electron chi connectivity index (χ4n) is 3.78. The normalized spacial score (nSPS) is 18.3. The molecule has 1 atom stereocenters. The highest BCUT2D eigenvalue weighted by Crippen LogP contribution is 2.32. The van der Waals surface area contributed by atoms with Crippen molar-refractivity contribution in [2.75, 3.05) is 18.5 Å². The van der Waals surface area contributed by atoms with Crippen molar-refractivity contribution in [3.63, 3.8) is 0 Å². The van der Waals surface area contributed by atoms with Gasteiger partial charge in [-0.2, -0.15) is 5.26 Å². The lowest BCUT2D eigenvalue weighted by Crippen LogP contribution is -2.33.